The summed E-state index contributed by atoms with van der Waals surface area (Å²) in [4.78, 5) is 3.85. The lowest BCUT2D eigenvalue weighted by Crippen LogP contribution is -2.36. The average molecular weight is 592 g/mol. The average Bonchev–Trinajstić information content (AvgIpc) is 3.04. The fourth-order valence-electron chi connectivity index (χ4n) is 6.17. The van der Waals surface area contributed by atoms with E-state index < -0.39 is 0 Å². The fourth-order valence-corrected chi connectivity index (χ4v) is 7.51. The van der Waals surface area contributed by atoms with E-state index in [1.54, 1.807) is 14.2 Å². The van der Waals surface area contributed by atoms with E-state index in [0.717, 1.165) is 36.0 Å². The third-order valence-electron chi connectivity index (χ3n) is 8.46. The molecule has 5 rings (SSSR count). The third-order valence-corrected chi connectivity index (χ3v) is 9.87. The second-order valence-electron chi connectivity index (χ2n) is 11.5. The Morgan fingerprint density at radius 3 is 2.12 bits per heavy atom. The van der Waals surface area contributed by atoms with Gasteiger partial charge >= 0.3 is 0 Å². The molecule has 2 atom stereocenters. The largest absolute Gasteiger partial charge is 0.494 e. The second kappa shape index (κ2) is 15.1. The minimum atomic E-state index is -0.136. The van der Waals surface area contributed by atoms with Crippen LogP contribution in [0.15, 0.2) is 71.6 Å². The summed E-state index contributed by atoms with van der Waals surface area (Å²) in [6.07, 6.45) is 6.37. The fraction of sp³-hybridized carbons (Fsp3) is 0.486. The molecule has 0 aromatic heterocycles. The maximum atomic E-state index is 6.17. The molecule has 2 unspecified atom stereocenters. The number of benzene rings is 3. The number of unbranched alkanes of at least 4 members (excludes halogenated alkanes) is 1. The van der Waals surface area contributed by atoms with Gasteiger partial charge in [0.15, 0.2) is 13.6 Å². The van der Waals surface area contributed by atoms with Crippen molar-refractivity contribution in [2.45, 2.75) is 55.3 Å². The highest BCUT2D eigenvalue weighted by Gasteiger charge is 2.42. The van der Waals surface area contributed by atoms with Crippen molar-refractivity contribution in [3.05, 3.63) is 83.4 Å². The molecule has 0 saturated carbocycles. The van der Waals surface area contributed by atoms with E-state index in [9.17, 15) is 0 Å². The number of hydrogen-bond acceptors (Lipinski definition) is 7. The van der Waals surface area contributed by atoms with Crippen LogP contribution < -0.4 is 14.2 Å². The van der Waals surface area contributed by atoms with Crippen molar-refractivity contribution in [3.63, 3.8) is 0 Å². The van der Waals surface area contributed by atoms with E-state index in [-0.39, 0.29) is 24.9 Å². The number of ether oxygens (including phenoxy) is 5. The molecule has 0 N–H and O–H groups in total. The Bertz CT molecular complexity index is 1250. The minimum Gasteiger partial charge on any atom is -0.494 e. The molecule has 226 valence electrons. The molecule has 2 aliphatic heterocycles. The van der Waals surface area contributed by atoms with Gasteiger partial charge < -0.3 is 28.6 Å². The summed E-state index contributed by atoms with van der Waals surface area (Å²) in [7, 11) is 3.28. The van der Waals surface area contributed by atoms with Gasteiger partial charge in [0.05, 0.1) is 6.61 Å². The van der Waals surface area contributed by atoms with Crippen molar-refractivity contribution in [2.24, 2.45) is 0 Å². The van der Waals surface area contributed by atoms with Crippen LogP contribution in [-0.2, 0) is 14.9 Å². The lowest BCUT2D eigenvalue weighted by molar-refractivity contribution is 0.0508. The summed E-state index contributed by atoms with van der Waals surface area (Å²) < 4.78 is 27.8. The first-order chi connectivity index (χ1) is 20.6. The molecule has 7 heteroatoms. The van der Waals surface area contributed by atoms with Gasteiger partial charge in [-0.15, -0.1) is 11.8 Å². The van der Waals surface area contributed by atoms with Crippen LogP contribution in [0.4, 0.5) is 0 Å². The van der Waals surface area contributed by atoms with Crippen molar-refractivity contribution in [2.75, 3.05) is 59.8 Å². The van der Waals surface area contributed by atoms with Gasteiger partial charge in [0.25, 0.3) is 0 Å². The highest BCUT2D eigenvalue weighted by atomic mass is 32.2. The number of methoxy groups -OCH3 is 2. The summed E-state index contributed by atoms with van der Waals surface area (Å²) in [5.41, 5.74) is 3.74. The molecule has 0 bridgehead atoms. The standard InChI is InChI=1S/C35H45NO5S/c1-35(28-11-15-30(16-12-28)40-25-37-2)24-42-33-23-31(41-26-38-3)17-18-32(33)34(35)27-9-13-29(14-10-27)39-22-8-7-21-36-19-5-4-6-20-36/h9-18,23,34H,4-8,19-22,24-26H2,1-3H3. The molecule has 0 amide bonds. The second-order valence-corrected chi connectivity index (χ2v) is 12.5. The van der Waals surface area contributed by atoms with Crippen LogP contribution in [0, 0.1) is 0 Å². The Morgan fingerprint density at radius 2 is 1.40 bits per heavy atom. The summed E-state index contributed by atoms with van der Waals surface area (Å²) in [6.45, 7) is 7.33. The first-order valence-corrected chi connectivity index (χ1v) is 16.1. The summed E-state index contributed by atoms with van der Waals surface area (Å²) >= 11 is 1.88. The van der Waals surface area contributed by atoms with Crippen molar-refractivity contribution in [1.82, 2.24) is 4.90 Å². The van der Waals surface area contributed by atoms with E-state index >= 15 is 0 Å². The predicted octanol–water partition coefficient (Wildman–Crippen LogP) is 7.49. The first-order valence-electron chi connectivity index (χ1n) is 15.2. The van der Waals surface area contributed by atoms with E-state index in [4.69, 9.17) is 23.7 Å². The highest BCUT2D eigenvalue weighted by molar-refractivity contribution is 7.99. The Kier molecular flexibility index (Phi) is 11.1. The first kappa shape index (κ1) is 30.7. The Hall–Kier alpha value is -2.71. The highest BCUT2D eigenvalue weighted by Crippen LogP contribution is 2.53. The smallest absolute Gasteiger partial charge is 0.188 e. The van der Waals surface area contributed by atoms with Gasteiger partial charge in [-0.1, -0.05) is 43.7 Å². The van der Waals surface area contributed by atoms with Crippen LogP contribution in [0.25, 0.3) is 0 Å². The molecule has 6 nitrogen and oxygen atoms in total. The van der Waals surface area contributed by atoms with E-state index in [0.29, 0.717) is 0 Å². The number of piperidine rings is 1. The molecular weight excluding hydrogens is 546 g/mol. The molecule has 0 spiro atoms. The van der Waals surface area contributed by atoms with E-state index in [1.807, 2.05) is 23.9 Å². The van der Waals surface area contributed by atoms with Crippen molar-refractivity contribution < 1.29 is 23.7 Å². The van der Waals surface area contributed by atoms with Crippen molar-refractivity contribution in [3.8, 4) is 17.2 Å². The molecular formula is C35H45NO5S. The van der Waals surface area contributed by atoms with Crippen LogP contribution in [0.5, 0.6) is 17.2 Å². The van der Waals surface area contributed by atoms with Crippen LogP contribution >= 0.6 is 11.8 Å². The Balaban J connectivity index is 1.33. The molecule has 2 heterocycles. The predicted molar refractivity (Wildman–Crippen MR) is 169 cm³/mol. The minimum absolute atomic E-state index is 0.136. The van der Waals surface area contributed by atoms with Crippen LogP contribution in [-0.4, -0.2) is 64.7 Å². The van der Waals surface area contributed by atoms with Gasteiger partial charge in [-0.2, -0.15) is 0 Å². The Labute approximate surface area is 255 Å². The zero-order chi connectivity index (χ0) is 29.2. The molecule has 2 aliphatic rings. The molecule has 1 saturated heterocycles. The zero-order valence-corrected chi connectivity index (χ0v) is 26.1. The third kappa shape index (κ3) is 7.62. The lowest BCUT2D eigenvalue weighted by atomic mass is 9.67. The molecule has 3 aromatic rings. The SMILES string of the molecule is COCOc1ccc(C2(C)CSc3cc(OCOC)ccc3C2c2ccc(OCCCCN3CCCCC3)cc2)cc1. The van der Waals surface area contributed by atoms with Gasteiger partial charge in [0.1, 0.15) is 17.2 Å². The van der Waals surface area contributed by atoms with Gasteiger partial charge in [0.2, 0.25) is 0 Å². The van der Waals surface area contributed by atoms with E-state index in [1.165, 1.54) is 66.9 Å². The van der Waals surface area contributed by atoms with Gasteiger partial charge in [0, 0.05) is 36.2 Å². The Morgan fingerprint density at radius 1 is 0.762 bits per heavy atom. The zero-order valence-electron chi connectivity index (χ0n) is 25.3. The van der Waals surface area contributed by atoms with Crippen molar-refractivity contribution >= 4 is 11.8 Å². The number of thioether (sulfide) groups is 1. The van der Waals surface area contributed by atoms with Crippen LogP contribution in [0.3, 0.4) is 0 Å². The molecule has 0 radical (unpaired) electrons. The van der Waals surface area contributed by atoms with Crippen LogP contribution in [0.1, 0.15) is 61.6 Å². The number of likely N-dealkylation sites (tertiary alicyclic amines) is 1. The maximum Gasteiger partial charge on any atom is 0.188 e. The van der Waals surface area contributed by atoms with Gasteiger partial charge in [-0.05, 0) is 98.4 Å². The summed E-state index contributed by atoms with van der Waals surface area (Å²) in [5, 5.41) is 0. The number of rotatable bonds is 14. The van der Waals surface area contributed by atoms with Crippen LogP contribution in [0.2, 0.25) is 0 Å². The molecule has 1 fully saturated rings. The number of fused-ring (bicyclic) bond motifs is 1. The maximum absolute atomic E-state index is 6.17. The van der Waals surface area contributed by atoms with Gasteiger partial charge in [-0.3, -0.25) is 0 Å². The molecule has 3 aromatic carbocycles. The quantitative estimate of drug-likeness (QED) is 0.142. The summed E-state index contributed by atoms with van der Waals surface area (Å²) in [5.74, 6) is 3.67. The van der Waals surface area contributed by atoms with E-state index in [2.05, 4.69) is 66.4 Å². The lowest BCUT2D eigenvalue weighted by Gasteiger charge is -2.43. The molecule has 0 aliphatic carbocycles. The van der Waals surface area contributed by atoms with Crippen molar-refractivity contribution in [1.29, 1.82) is 0 Å². The van der Waals surface area contributed by atoms with Gasteiger partial charge in [-0.25, -0.2) is 0 Å². The number of nitrogens with zero attached hydrogens (tertiary/aromatic N) is 1. The topological polar surface area (TPSA) is 49.4 Å². The normalized spacial score (nSPS) is 20.6. The molecule has 42 heavy (non-hydrogen) atoms. The monoisotopic (exact) mass is 591 g/mol. The summed E-state index contributed by atoms with van der Waals surface area (Å²) in [6, 6.07) is 23.7. The number of hydrogen-bond donors (Lipinski definition) is 0.